The Labute approximate surface area is 94.9 Å². The molecule has 3 heteroatoms. The molecule has 3 heterocycles. The molecule has 0 N–H and O–H groups in total. The highest BCUT2D eigenvalue weighted by molar-refractivity contribution is 7.12. The van der Waals surface area contributed by atoms with Crippen LogP contribution in [0.5, 0.6) is 0 Å². The van der Waals surface area contributed by atoms with Crippen LogP contribution in [0.15, 0.2) is 0 Å². The smallest absolute Gasteiger partial charge is 0.0936 e. The van der Waals surface area contributed by atoms with Crippen LogP contribution in [0.4, 0.5) is 0 Å². The van der Waals surface area contributed by atoms with E-state index in [4.69, 9.17) is 4.74 Å². The second-order valence-corrected chi connectivity index (χ2v) is 5.93. The highest BCUT2D eigenvalue weighted by atomic mass is 32.1. The van der Waals surface area contributed by atoms with Gasteiger partial charge in [-0.3, -0.25) is 4.90 Å². The molecule has 0 spiro atoms. The van der Waals surface area contributed by atoms with Crippen LogP contribution in [-0.4, -0.2) is 30.7 Å². The van der Waals surface area contributed by atoms with Crippen molar-refractivity contribution in [2.45, 2.75) is 32.9 Å². The Bertz CT molecular complexity index is 381. The van der Waals surface area contributed by atoms with Gasteiger partial charge < -0.3 is 4.74 Å². The minimum Gasteiger partial charge on any atom is -0.372 e. The zero-order chi connectivity index (χ0) is 10.4. The highest BCUT2D eigenvalue weighted by Gasteiger charge is 2.28. The summed E-state index contributed by atoms with van der Waals surface area (Å²) in [5, 5.41) is 0. The lowest BCUT2D eigenvalue weighted by Crippen LogP contribution is -2.33. The molecule has 0 aromatic carbocycles. The molecule has 1 fully saturated rings. The van der Waals surface area contributed by atoms with Gasteiger partial charge in [0.15, 0.2) is 0 Å². The molecule has 0 amide bonds. The van der Waals surface area contributed by atoms with Crippen LogP contribution >= 0.6 is 11.3 Å². The molecule has 1 aromatic rings. The van der Waals surface area contributed by atoms with Crippen LogP contribution < -0.4 is 0 Å². The molecule has 0 bridgehead atoms. The molecule has 15 heavy (non-hydrogen) atoms. The first kappa shape index (κ1) is 9.82. The number of thiophene rings is 1. The van der Waals surface area contributed by atoms with Crippen LogP contribution in [0, 0.1) is 13.8 Å². The average molecular weight is 223 g/mol. The lowest BCUT2D eigenvalue weighted by Gasteiger charge is -2.26. The molecule has 1 saturated heterocycles. The quantitative estimate of drug-likeness (QED) is 0.714. The van der Waals surface area contributed by atoms with Gasteiger partial charge in [0.05, 0.1) is 12.7 Å². The van der Waals surface area contributed by atoms with E-state index in [9.17, 15) is 0 Å². The zero-order valence-electron chi connectivity index (χ0n) is 9.38. The van der Waals surface area contributed by atoms with Gasteiger partial charge >= 0.3 is 0 Å². The van der Waals surface area contributed by atoms with E-state index in [2.05, 4.69) is 18.7 Å². The third-order valence-electron chi connectivity index (χ3n) is 3.49. The first-order chi connectivity index (χ1) is 7.24. The summed E-state index contributed by atoms with van der Waals surface area (Å²) in [6, 6.07) is 0. The van der Waals surface area contributed by atoms with Crippen molar-refractivity contribution in [3.8, 4) is 0 Å². The standard InChI is InChI=1S/C12H17NOS/c1-8-9(2)15-12-3-4-13(6-11(8)12)5-10-7-14-10/h10H,3-7H2,1-2H3/t10-/m1/s1. The summed E-state index contributed by atoms with van der Waals surface area (Å²) in [7, 11) is 0. The van der Waals surface area contributed by atoms with Gasteiger partial charge in [-0.05, 0) is 31.4 Å². The van der Waals surface area contributed by atoms with E-state index in [1.165, 1.54) is 23.4 Å². The van der Waals surface area contributed by atoms with Crippen molar-refractivity contribution in [1.29, 1.82) is 0 Å². The molecular weight excluding hydrogens is 206 g/mol. The average Bonchev–Trinajstić information content (AvgIpc) is 2.98. The maximum absolute atomic E-state index is 5.30. The normalized spacial score (nSPS) is 25.3. The molecular formula is C12H17NOS. The molecule has 3 rings (SSSR count). The van der Waals surface area contributed by atoms with Gasteiger partial charge in [0.2, 0.25) is 0 Å². The second-order valence-electron chi connectivity index (χ2n) is 4.63. The first-order valence-electron chi connectivity index (χ1n) is 5.65. The van der Waals surface area contributed by atoms with Crippen molar-refractivity contribution in [3.05, 3.63) is 20.9 Å². The summed E-state index contributed by atoms with van der Waals surface area (Å²) in [6.45, 7) is 8.98. The fourth-order valence-electron chi connectivity index (χ4n) is 2.33. The van der Waals surface area contributed by atoms with Crippen molar-refractivity contribution in [1.82, 2.24) is 4.90 Å². The topological polar surface area (TPSA) is 15.8 Å². The SMILES string of the molecule is Cc1sc2c(c1C)CN(C[C@@H]1CO1)CC2. The lowest BCUT2D eigenvalue weighted by molar-refractivity contribution is 0.227. The van der Waals surface area contributed by atoms with Crippen LogP contribution in [0.2, 0.25) is 0 Å². The second kappa shape index (κ2) is 3.58. The first-order valence-corrected chi connectivity index (χ1v) is 6.47. The summed E-state index contributed by atoms with van der Waals surface area (Å²) in [4.78, 5) is 5.67. The van der Waals surface area contributed by atoms with Crippen molar-refractivity contribution < 1.29 is 4.74 Å². The third-order valence-corrected chi connectivity index (χ3v) is 4.80. The van der Waals surface area contributed by atoms with Crippen LogP contribution in [-0.2, 0) is 17.7 Å². The predicted octanol–water partition coefficient (Wildman–Crippen LogP) is 2.12. The molecule has 82 valence electrons. The Morgan fingerprint density at radius 3 is 3.00 bits per heavy atom. The molecule has 0 saturated carbocycles. The molecule has 1 atom stereocenters. The zero-order valence-corrected chi connectivity index (χ0v) is 10.2. The number of rotatable bonds is 2. The highest BCUT2D eigenvalue weighted by Crippen LogP contribution is 2.32. The third kappa shape index (κ3) is 1.84. The molecule has 0 unspecified atom stereocenters. The summed E-state index contributed by atoms with van der Waals surface area (Å²) in [5.74, 6) is 0. The maximum Gasteiger partial charge on any atom is 0.0936 e. The van der Waals surface area contributed by atoms with Gasteiger partial charge in [-0.2, -0.15) is 0 Å². The van der Waals surface area contributed by atoms with Gasteiger partial charge in [0.1, 0.15) is 0 Å². The largest absolute Gasteiger partial charge is 0.372 e. The van der Waals surface area contributed by atoms with Gasteiger partial charge in [-0.1, -0.05) is 0 Å². The Balaban J connectivity index is 1.78. The van der Waals surface area contributed by atoms with Crippen molar-refractivity contribution >= 4 is 11.3 Å². The van der Waals surface area contributed by atoms with Gasteiger partial charge in [0.25, 0.3) is 0 Å². The molecule has 0 aliphatic carbocycles. The monoisotopic (exact) mass is 223 g/mol. The number of hydrogen-bond acceptors (Lipinski definition) is 3. The summed E-state index contributed by atoms with van der Waals surface area (Å²) >= 11 is 2.00. The van der Waals surface area contributed by atoms with E-state index >= 15 is 0 Å². The van der Waals surface area contributed by atoms with Crippen LogP contribution in [0.1, 0.15) is 20.9 Å². The number of epoxide rings is 1. The summed E-state index contributed by atoms with van der Waals surface area (Å²) in [5.41, 5.74) is 3.13. The van der Waals surface area contributed by atoms with Crippen LogP contribution in [0.3, 0.4) is 0 Å². The Morgan fingerprint density at radius 2 is 2.27 bits per heavy atom. The van der Waals surface area contributed by atoms with Crippen LogP contribution in [0.25, 0.3) is 0 Å². The van der Waals surface area contributed by atoms with E-state index in [0.29, 0.717) is 6.10 Å². The number of nitrogens with zero attached hydrogens (tertiary/aromatic N) is 1. The van der Waals surface area contributed by atoms with Crippen molar-refractivity contribution in [2.24, 2.45) is 0 Å². The maximum atomic E-state index is 5.30. The number of ether oxygens (including phenoxy) is 1. The predicted molar refractivity (Wildman–Crippen MR) is 62.5 cm³/mol. The van der Waals surface area contributed by atoms with E-state index in [1.807, 2.05) is 11.3 Å². The minimum atomic E-state index is 0.534. The molecule has 1 aromatic heterocycles. The molecule has 2 nitrogen and oxygen atoms in total. The van der Waals surface area contributed by atoms with E-state index in [-0.39, 0.29) is 0 Å². The Morgan fingerprint density at radius 1 is 1.47 bits per heavy atom. The van der Waals surface area contributed by atoms with Crippen molar-refractivity contribution in [2.75, 3.05) is 19.7 Å². The van der Waals surface area contributed by atoms with E-state index in [0.717, 1.165) is 19.7 Å². The van der Waals surface area contributed by atoms with Gasteiger partial charge in [-0.25, -0.2) is 0 Å². The fraction of sp³-hybridized carbons (Fsp3) is 0.667. The Hall–Kier alpha value is -0.380. The fourth-order valence-corrected chi connectivity index (χ4v) is 3.51. The summed E-state index contributed by atoms with van der Waals surface area (Å²) in [6.07, 6.45) is 1.77. The van der Waals surface area contributed by atoms with E-state index < -0.39 is 0 Å². The van der Waals surface area contributed by atoms with Gasteiger partial charge in [-0.15, -0.1) is 11.3 Å². The Kier molecular flexibility index (Phi) is 2.34. The van der Waals surface area contributed by atoms with Crippen molar-refractivity contribution in [3.63, 3.8) is 0 Å². The molecule has 0 radical (unpaired) electrons. The molecule has 2 aliphatic heterocycles. The lowest BCUT2D eigenvalue weighted by atomic mass is 10.0. The number of fused-ring (bicyclic) bond motifs is 1. The van der Waals surface area contributed by atoms with Gasteiger partial charge in [0, 0.05) is 29.4 Å². The number of aryl methyl sites for hydroxylation is 1. The number of hydrogen-bond donors (Lipinski definition) is 0. The molecule has 2 aliphatic rings. The minimum absolute atomic E-state index is 0.534. The van der Waals surface area contributed by atoms with E-state index in [1.54, 1.807) is 10.4 Å². The summed E-state index contributed by atoms with van der Waals surface area (Å²) < 4.78 is 5.30.